The molecule has 2 aliphatic rings. The Morgan fingerprint density at radius 1 is 0.903 bits per heavy atom. The second kappa shape index (κ2) is 5.93. The zero-order valence-electron chi connectivity index (χ0n) is 15.1. The number of hydrogen-bond donors (Lipinski definition) is 3. The van der Waals surface area contributed by atoms with Crippen LogP contribution in [0.4, 0.5) is 8.78 Å². The number of phenols is 2. The van der Waals surface area contributed by atoms with Gasteiger partial charge in [0.1, 0.15) is 23.1 Å². The van der Waals surface area contributed by atoms with Gasteiger partial charge in [0.2, 0.25) is 0 Å². The molecular weight excluding hydrogens is 438 g/mol. The van der Waals surface area contributed by atoms with E-state index in [-0.39, 0.29) is 28.4 Å². The first-order chi connectivity index (χ1) is 14.5. The van der Waals surface area contributed by atoms with Gasteiger partial charge in [-0.25, -0.2) is 13.6 Å². The van der Waals surface area contributed by atoms with Crippen LogP contribution in [0.15, 0.2) is 47.4 Å². The smallest absolute Gasteiger partial charge is 0.340 e. The highest BCUT2D eigenvalue weighted by Gasteiger charge is 2.56. The molecule has 8 nitrogen and oxygen atoms in total. The lowest BCUT2D eigenvalue weighted by Gasteiger charge is -2.36. The maximum absolute atomic E-state index is 15.3. The number of aromatic hydroxyl groups is 2. The van der Waals surface area contributed by atoms with Crippen molar-refractivity contribution in [1.82, 2.24) is 0 Å². The summed E-state index contributed by atoms with van der Waals surface area (Å²) in [4.78, 5) is 11.8. The van der Waals surface area contributed by atoms with Gasteiger partial charge in [-0.3, -0.25) is 4.55 Å². The van der Waals surface area contributed by atoms with Crippen LogP contribution >= 0.6 is 0 Å². The zero-order valence-corrected chi connectivity index (χ0v) is 15.9. The van der Waals surface area contributed by atoms with Crippen LogP contribution in [0, 0.1) is 11.6 Å². The van der Waals surface area contributed by atoms with Gasteiger partial charge >= 0.3 is 5.97 Å². The molecule has 0 aromatic heterocycles. The summed E-state index contributed by atoms with van der Waals surface area (Å²) in [6.07, 6.45) is 0. The molecule has 2 heterocycles. The topological polar surface area (TPSA) is 130 Å². The van der Waals surface area contributed by atoms with Crippen molar-refractivity contribution in [2.45, 2.75) is 10.5 Å². The largest absolute Gasteiger partial charge is 0.508 e. The quantitative estimate of drug-likeness (QED) is 0.382. The van der Waals surface area contributed by atoms with Crippen LogP contribution in [0.5, 0.6) is 23.0 Å². The summed E-state index contributed by atoms with van der Waals surface area (Å²) in [6, 6.07) is 6.59. The molecular formula is C20H10F2O8S. The van der Waals surface area contributed by atoms with Crippen molar-refractivity contribution in [2.24, 2.45) is 0 Å². The number of carbonyl (C=O) groups excluding carboxylic acids is 1. The molecule has 1 unspecified atom stereocenters. The summed E-state index contributed by atoms with van der Waals surface area (Å²) in [6.45, 7) is 0. The van der Waals surface area contributed by atoms with Crippen molar-refractivity contribution in [1.29, 1.82) is 0 Å². The van der Waals surface area contributed by atoms with Gasteiger partial charge in [0.25, 0.3) is 10.1 Å². The minimum atomic E-state index is -4.85. The maximum Gasteiger partial charge on any atom is 0.340 e. The summed E-state index contributed by atoms with van der Waals surface area (Å²) >= 11 is 0. The highest BCUT2D eigenvalue weighted by molar-refractivity contribution is 7.85. The molecule has 2 aliphatic heterocycles. The van der Waals surface area contributed by atoms with Crippen LogP contribution in [0.1, 0.15) is 27.0 Å². The highest BCUT2D eigenvalue weighted by atomic mass is 32.2. The lowest BCUT2D eigenvalue weighted by atomic mass is 9.77. The number of hydrogen-bond acceptors (Lipinski definition) is 7. The van der Waals surface area contributed by atoms with E-state index in [1.54, 1.807) is 0 Å². The van der Waals surface area contributed by atoms with Gasteiger partial charge in [0, 0.05) is 17.7 Å². The standard InChI is InChI=1S/C20H10F2O8S/c21-13-6-12-17(7-15(13)24)29-16-3-8(23)1-2-11(16)20(12)18-10(19(25)30-20)4-9(5-14(18)22)31(26,27)28/h1-7,23-24H,(H,26,27,28). The molecule has 0 radical (unpaired) electrons. The molecule has 158 valence electrons. The van der Waals surface area contributed by atoms with Crippen LogP contribution in [0.25, 0.3) is 0 Å². The van der Waals surface area contributed by atoms with Crippen molar-refractivity contribution in [3.8, 4) is 23.0 Å². The number of carbonyl (C=O) groups is 1. The number of esters is 1. The highest BCUT2D eigenvalue weighted by Crippen LogP contribution is 2.58. The molecule has 0 bridgehead atoms. The van der Waals surface area contributed by atoms with Crippen LogP contribution in [0.3, 0.4) is 0 Å². The number of halogens is 2. The van der Waals surface area contributed by atoms with E-state index < -0.39 is 55.1 Å². The lowest BCUT2D eigenvalue weighted by molar-refractivity contribution is 0.0216. The third kappa shape index (κ3) is 2.53. The van der Waals surface area contributed by atoms with Gasteiger partial charge in [-0.05, 0) is 30.3 Å². The first-order valence-corrected chi connectivity index (χ1v) is 10.1. The number of benzene rings is 3. The predicted molar refractivity (Wildman–Crippen MR) is 97.8 cm³/mol. The number of fused-ring (bicyclic) bond motifs is 6. The minimum absolute atomic E-state index is 0.0218. The van der Waals surface area contributed by atoms with Crippen molar-refractivity contribution in [2.75, 3.05) is 0 Å². The summed E-state index contributed by atoms with van der Waals surface area (Å²) in [5, 5.41) is 19.6. The summed E-state index contributed by atoms with van der Waals surface area (Å²) < 4.78 is 73.0. The van der Waals surface area contributed by atoms with Crippen molar-refractivity contribution in [3.05, 3.63) is 76.4 Å². The maximum atomic E-state index is 15.3. The Balaban J connectivity index is 1.93. The molecule has 3 N–H and O–H groups in total. The van der Waals surface area contributed by atoms with E-state index in [0.717, 1.165) is 24.3 Å². The average molecular weight is 448 g/mol. The van der Waals surface area contributed by atoms with E-state index in [1.807, 2.05) is 0 Å². The minimum Gasteiger partial charge on any atom is -0.508 e. The predicted octanol–water partition coefficient (Wildman–Crippen LogP) is 3.19. The van der Waals surface area contributed by atoms with Gasteiger partial charge < -0.3 is 19.7 Å². The summed E-state index contributed by atoms with van der Waals surface area (Å²) in [5.74, 6) is -4.76. The molecule has 0 saturated heterocycles. The first kappa shape index (κ1) is 19.3. The molecule has 1 atom stereocenters. The van der Waals surface area contributed by atoms with Crippen molar-refractivity contribution >= 4 is 16.1 Å². The third-order valence-electron chi connectivity index (χ3n) is 5.17. The fraction of sp³-hybridized carbons (Fsp3) is 0.0500. The molecule has 31 heavy (non-hydrogen) atoms. The third-order valence-corrected chi connectivity index (χ3v) is 6.00. The summed E-state index contributed by atoms with van der Waals surface area (Å²) in [7, 11) is -4.85. The van der Waals surface area contributed by atoms with Gasteiger partial charge in [-0.1, -0.05) is 0 Å². The van der Waals surface area contributed by atoms with Gasteiger partial charge in [0.05, 0.1) is 21.6 Å². The second-order valence-corrected chi connectivity index (χ2v) is 8.38. The normalized spacial score (nSPS) is 18.7. The molecule has 0 aliphatic carbocycles. The molecule has 0 amide bonds. The Labute approximate surface area is 172 Å². The molecule has 0 fully saturated rings. The van der Waals surface area contributed by atoms with Crippen LogP contribution in [-0.4, -0.2) is 29.2 Å². The number of ether oxygens (including phenoxy) is 2. The molecule has 11 heteroatoms. The van der Waals surface area contributed by atoms with Gasteiger partial charge in [-0.15, -0.1) is 0 Å². The molecule has 3 aromatic carbocycles. The molecule has 5 rings (SSSR count). The Kier molecular flexibility index (Phi) is 3.68. The zero-order chi connectivity index (χ0) is 22.3. The fourth-order valence-electron chi connectivity index (χ4n) is 3.93. The monoisotopic (exact) mass is 448 g/mol. The Morgan fingerprint density at radius 2 is 1.61 bits per heavy atom. The van der Waals surface area contributed by atoms with E-state index in [2.05, 4.69) is 0 Å². The van der Waals surface area contributed by atoms with E-state index in [1.165, 1.54) is 12.1 Å². The van der Waals surface area contributed by atoms with Crippen molar-refractivity contribution < 1.29 is 46.2 Å². The molecule has 0 saturated carbocycles. The van der Waals surface area contributed by atoms with Crippen LogP contribution < -0.4 is 4.74 Å². The van der Waals surface area contributed by atoms with E-state index >= 15 is 4.39 Å². The number of phenolic OH excluding ortho intramolecular Hbond substituents is 2. The van der Waals surface area contributed by atoms with Crippen LogP contribution in [-0.2, 0) is 20.5 Å². The Morgan fingerprint density at radius 3 is 2.32 bits per heavy atom. The second-order valence-electron chi connectivity index (χ2n) is 6.96. The Hall–Kier alpha value is -3.70. The SMILES string of the molecule is O=C1OC2(c3ccc(O)cc3Oc3cc(O)c(F)cc32)c2c(F)cc(S(=O)(=O)O)cc21. The van der Waals surface area contributed by atoms with Crippen molar-refractivity contribution in [3.63, 3.8) is 0 Å². The number of rotatable bonds is 1. The van der Waals surface area contributed by atoms with Crippen LogP contribution in [0.2, 0.25) is 0 Å². The van der Waals surface area contributed by atoms with E-state index in [4.69, 9.17) is 9.47 Å². The van der Waals surface area contributed by atoms with E-state index in [9.17, 15) is 32.4 Å². The lowest BCUT2D eigenvalue weighted by Crippen LogP contribution is -2.34. The van der Waals surface area contributed by atoms with Gasteiger partial charge in [-0.2, -0.15) is 8.42 Å². The summed E-state index contributed by atoms with van der Waals surface area (Å²) in [5.41, 5.74) is -3.21. The Bertz CT molecular complexity index is 1430. The van der Waals surface area contributed by atoms with Gasteiger partial charge in [0.15, 0.2) is 17.2 Å². The molecule has 1 spiro atoms. The average Bonchev–Trinajstić information content (AvgIpc) is 2.97. The van der Waals surface area contributed by atoms with E-state index in [0.29, 0.717) is 6.07 Å². The fourth-order valence-corrected chi connectivity index (χ4v) is 4.45. The first-order valence-electron chi connectivity index (χ1n) is 8.61. The molecule has 3 aromatic rings.